The monoisotopic (exact) mass is 530 g/mol. The molecule has 0 unspecified atom stereocenters. The fraction of sp³-hybridized carbons (Fsp3) is 0.172. The summed E-state index contributed by atoms with van der Waals surface area (Å²) < 4.78 is 15.2. The smallest absolute Gasteiger partial charge is 0.244 e. The number of amides is 2. The van der Waals surface area contributed by atoms with Crippen LogP contribution in [-0.2, 0) is 16.1 Å². The van der Waals surface area contributed by atoms with Gasteiger partial charge in [0.05, 0.1) is 17.6 Å². The minimum absolute atomic E-state index is 0.0616. The Labute approximate surface area is 224 Å². The van der Waals surface area contributed by atoms with Gasteiger partial charge in [0.25, 0.3) is 0 Å². The third-order valence-corrected chi connectivity index (χ3v) is 6.90. The molecular weight excluding hydrogens is 503 g/mol. The quantitative estimate of drug-likeness (QED) is 0.208. The average molecular weight is 531 g/mol. The highest BCUT2D eigenvalue weighted by Crippen LogP contribution is 2.27. The molecule has 0 aliphatic carbocycles. The number of nitrogens with zero attached hydrogens (tertiary/aromatic N) is 2. The summed E-state index contributed by atoms with van der Waals surface area (Å²) in [5.41, 5.74) is 5.12. The van der Waals surface area contributed by atoms with Crippen LogP contribution in [-0.4, -0.2) is 32.9 Å². The van der Waals surface area contributed by atoms with E-state index < -0.39 is 0 Å². The van der Waals surface area contributed by atoms with Gasteiger partial charge in [0.2, 0.25) is 11.8 Å². The van der Waals surface area contributed by atoms with Gasteiger partial charge in [-0.3, -0.25) is 14.4 Å². The number of para-hydroxylation sites is 1. The van der Waals surface area contributed by atoms with Gasteiger partial charge in [-0.15, -0.1) is 0 Å². The lowest BCUT2D eigenvalue weighted by Gasteiger charge is -2.13. The third kappa shape index (κ3) is 6.54. The molecule has 1 heterocycles. The molecule has 0 bridgehead atoms. The number of halogens is 1. The van der Waals surface area contributed by atoms with Gasteiger partial charge in [-0.2, -0.15) is 0 Å². The van der Waals surface area contributed by atoms with Crippen molar-refractivity contribution < 1.29 is 18.8 Å². The van der Waals surface area contributed by atoms with Gasteiger partial charge in [-0.05, 0) is 86.0 Å². The first-order chi connectivity index (χ1) is 18.2. The SMILES string of the molecule is CC(=O)c1ccc(NC(=O)Cn2c(-c3ccc(F)cc3)cnc2SCC(=O)Nc2c(C)cccc2C)cc1. The maximum Gasteiger partial charge on any atom is 0.244 e. The predicted molar refractivity (Wildman–Crippen MR) is 148 cm³/mol. The number of anilines is 2. The van der Waals surface area contributed by atoms with Crippen LogP contribution in [0, 0.1) is 19.7 Å². The van der Waals surface area contributed by atoms with E-state index in [1.165, 1.54) is 30.8 Å². The summed E-state index contributed by atoms with van der Waals surface area (Å²) in [6.45, 7) is 5.26. The molecule has 0 aliphatic rings. The summed E-state index contributed by atoms with van der Waals surface area (Å²) in [5, 5.41) is 6.26. The van der Waals surface area contributed by atoms with Crippen molar-refractivity contribution in [3.8, 4) is 11.3 Å². The van der Waals surface area contributed by atoms with E-state index in [4.69, 9.17) is 0 Å². The summed E-state index contributed by atoms with van der Waals surface area (Å²) in [6.07, 6.45) is 1.61. The molecule has 0 spiro atoms. The van der Waals surface area contributed by atoms with E-state index in [0.717, 1.165) is 16.8 Å². The number of aromatic nitrogens is 2. The number of hydrogen-bond donors (Lipinski definition) is 2. The Kier molecular flexibility index (Phi) is 8.38. The highest BCUT2D eigenvalue weighted by molar-refractivity contribution is 7.99. The normalized spacial score (nSPS) is 10.7. The lowest BCUT2D eigenvalue weighted by molar-refractivity contribution is -0.117. The molecule has 38 heavy (non-hydrogen) atoms. The zero-order valence-corrected chi connectivity index (χ0v) is 22.1. The number of carbonyl (C=O) groups excluding carboxylic acids is 3. The molecule has 4 rings (SSSR count). The van der Waals surface area contributed by atoms with Crippen molar-refractivity contribution >= 4 is 40.7 Å². The minimum Gasteiger partial charge on any atom is -0.325 e. The Morgan fingerprint density at radius 1 is 0.895 bits per heavy atom. The summed E-state index contributed by atoms with van der Waals surface area (Å²) >= 11 is 1.21. The van der Waals surface area contributed by atoms with Crippen LogP contribution in [0.2, 0.25) is 0 Å². The van der Waals surface area contributed by atoms with Gasteiger partial charge in [-0.1, -0.05) is 30.0 Å². The molecule has 7 nitrogen and oxygen atoms in total. The Hall–Kier alpha value is -4.24. The zero-order chi connectivity index (χ0) is 27.2. The van der Waals surface area contributed by atoms with Crippen LogP contribution >= 0.6 is 11.8 Å². The van der Waals surface area contributed by atoms with E-state index in [9.17, 15) is 18.8 Å². The molecule has 194 valence electrons. The molecule has 4 aromatic rings. The Morgan fingerprint density at radius 3 is 2.18 bits per heavy atom. The van der Waals surface area contributed by atoms with Crippen LogP contribution in [0.4, 0.5) is 15.8 Å². The predicted octanol–water partition coefficient (Wildman–Crippen LogP) is 5.88. The van der Waals surface area contributed by atoms with Crippen LogP contribution < -0.4 is 10.6 Å². The zero-order valence-electron chi connectivity index (χ0n) is 21.2. The second-order valence-corrected chi connectivity index (χ2v) is 9.75. The Bertz CT molecular complexity index is 1460. The molecule has 1 aromatic heterocycles. The van der Waals surface area contributed by atoms with E-state index in [2.05, 4.69) is 15.6 Å². The number of ketones is 1. The highest BCUT2D eigenvalue weighted by Gasteiger charge is 2.18. The number of imidazole rings is 1. The molecule has 2 amide bonds. The molecule has 0 aliphatic heterocycles. The third-order valence-electron chi connectivity index (χ3n) is 5.91. The number of benzene rings is 3. The molecule has 0 radical (unpaired) electrons. The standard InChI is InChI=1S/C29H27FN4O3S/c1-18-5-4-6-19(2)28(18)33-27(37)17-38-29-31-15-25(22-7-11-23(30)12-8-22)34(29)16-26(36)32-24-13-9-21(10-14-24)20(3)35/h4-15H,16-17H2,1-3H3,(H,32,36)(H,33,37). The number of hydrogen-bond acceptors (Lipinski definition) is 5. The van der Waals surface area contributed by atoms with Crippen LogP contribution in [0.5, 0.6) is 0 Å². The lowest BCUT2D eigenvalue weighted by atomic mass is 10.1. The number of rotatable bonds is 9. The van der Waals surface area contributed by atoms with Crippen molar-refractivity contribution in [3.05, 3.63) is 95.4 Å². The van der Waals surface area contributed by atoms with Crippen molar-refractivity contribution in [2.24, 2.45) is 0 Å². The summed E-state index contributed by atoms with van der Waals surface area (Å²) in [4.78, 5) is 41.7. The van der Waals surface area contributed by atoms with Gasteiger partial charge >= 0.3 is 0 Å². The van der Waals surface area contributed by atoms with Crippen molar-refractivity contribution in [2.75, 3.05) is 16.4 Å². The van der Waals surface area contributed by atoms with Crippen molar-refractivity contribution in [1.29, 1.82) is 0 Å². The first-order valence-corrected chi connectivity index (χ1v) is 12.9. The number of aryl methyl sites for hydroxylation is 2. The molecule has 0 atom stereocenters. The highest BCUT2D eigenvalue weighted by atomic mass is 32.2. The van der Waals surface area contributed by atoms with E-state index >= 15 is 0 Å². The first-order valence-electron chi connectivity index (χ1n) is 11.9. The van der Waals surface area contributed by atoms with E-state index in [1.807, 2.05) is 32.0 Å². The number of carbonyl (C=O) groups is 3. The molecule has 0 fully saturated rings. The van der Waals surface area contributed by atoms with E-state index in [-0.39, 0.29) is 35.7 Å². The lowest BCUT2D eigenvalue weighted by Crippen LogP contribution is -2.20. The maximum absolute atomic E-state index is 13.5. The van der Waals surface area contributed by atoms with E-state index in [0.29, 0.717) is 27.7 Å². The van der Waals surface area contributed by atoms with Gasteiger partial charge in [-0.25, -0.2) is 9.37 Å². The summed E-state index contributed by atoms with van der Waals surface area (Å²) in [6, 6.07) is 18.3. The Balaban J connectivity index is 1.52. The maximum atomic E-state index is 13.5. The van der Waals surface area contributed by atoms with Gasteiger partial charge < -0.3 is 15.2 Å². The van der Waals surface area contributed by atoms with Crippen LogP contribution in [0.15, 0.2) is 78.1 Å². The number of thioether (sulfide) groups is 1. The fourth-order valence-electron chi connectivity index (χ4n) is 3.93. The second kappa shape index (κ2) is 11.9. The fourth-order valence-corrected chi connectivity index (χ4v) is 4.71. The topological polar surface area (TPSA) is 93.1 Å². The summed E-state index contributed by atoms with van der Waals surface area (Å²) in [5.74, 6) is -0.858. The van der Waals surface area contributed by atoms with Gasteiger partial charge in [0, 0.05) is 16.9 Å². The molecule has 3 aromatic carbocycles. The molecular formula is C29H27FN4O3S. The van der Waals surface area contributed by atoms with Crippen molar-refractivity contribution in [2.45, 2.75) is 32.5 Å². The molecule has 9 heteroatoms. The van der Waals surface area contributed by atoms with Crippen molar-refractivity contribution in [1.82, 2.24) is 9.55 Å². The second-order valence-electron chi connectivity index (χ2n) is 8.80. The first kappa shape index (κ1) is 26.8. The van der Waals surface area contributed by atoms with Crippen LogP contribution in [0.3, 0.4) is 0 Å². The van der Waals surface area contributed by atoms with E-state index in [1.54, 1.807) is 47.2 Å². The van der Waals surface area contributed by atoms with Crippen LogP contribution in [0.25, 0.3) is 11.3 Å². The minimum atomic E-state index is -0.371. The van der Waals surface area contributed by atoms with Crippen LogP contribution in [0.1, 0.15) is 28.4 Å². The number of Topliss-reactive ketones (excluding diaryl/α,β-unsaturated/α-hetero) is 1. The van der Waals surface area contributed by atoms with Crippen molar-refractivity contribution in [3.63, 3.8) is 0 Å². The molecule has 0 saturated heterocycles. The molecule has 2 N–H and O–H groups in total. The van der Waals surface area contributed by atoms with Gasteiger partial charge in [0.1, 0.15) is 12.4 Å². The summed E-state index contributed by atoms with van der Waals surface area (Å²) in [7, 11) is 0. The molecule has 0 saturated carbocycles. The number of nitrogens with one attached hydrogen (secondary N) is 2. The van der Waals surface area contributed by atoms with Gasteiger partial charge in [0.15, 0.2) is 10.9 Å². The average Bonchev–Trinajstić information content (AvgIpc) is 3.28. The largest absolute Gasteiger partial charge is 0.325 e. The Morgan fingerprint density at radius 2 is 1.55 bits per heavy atom.